The van der Waals surface area contributed by atoms with E-state index in [1.54, 1.807) is 6.92 Å². The molecule has 1 rings (SSSR count). The molecule has 5 nitrogen and oxygen atoms in total. The molecule has 0 amide bonds. The van der Waals surface area contributed by atoms with Gasteiger partial charge >= 0.3 is 0 Å². The average molecular weight is 214 g/mol. The molecule has 1 aromatic rings. The van der Waals surface area contributed by atoms with Crippen molar-refractivity contribution < 1.29 is 14.2 Å². The van der Waals surface area contributed by atoms with Crippen LogP contribution in [0.1, 0.15) is 18.4 Å². The minimum absolute atomic E-state index is 0.109. The van der Waals surface area contributed by atoms with Crippen molar-refractivity contribution in [1.29, 1.82) is 0 Å². The molecule has 0 heterocycles. The highest BCUT2D eigenvalue weighted by atomic mass is 19.1. The third kappa shape index (κ3) is 2.71. The lowest BCUT2D eigenvalue weighted by Crippen LogP contribution is -2.10. The summed E-state index contributed by atoms with van der Waals surface area (Å²) >= 11 is 0. The Labute approximate surface area is 85.8 Å². The maximum absolute atomic E-state index is 13.3. The van der Waals surface area contributed by atoms with E-state index < -0.39 is 10.7 Å². The molecular weight excluding hydrogens is 203 g/mol. The third-order valence-electron chi connectivity index (χ3n) is 2.07. The molecule has 0 aromatic heterocycles. The van der Waals surface area contributed by atoms with Crippen molar-refractivity contribution in [3.05, 3.63) is 39.7 Å². The molecule has 0 saturated heterocycles. The van der Waals surface area contributed by atoms with Crippen LogP contribution in [0.3, 0.4) is 0 Å². The zero-order valence-corrected chi connectivity index (χ0v) is 8.14. The number of nitro groups is 1. The highest BCUT2D eigenvalue weighted by Gasteiger charge is 2.15. The van der Waals surface area contributed by atoms with Gasteiger partial charge < -0.3 is 4.84 Å². The molecule has 0 radical (unpaired) electrons. The maximum Gasteiger partial charge on any atom is 0.269 e. The Morgan fingerprint density at radius 2 is 2.33 bits per heavy atom. The van der Waals surface area contributed by atoms with Gasteiger partial charge in [0.05, 0.1) is 11.5 Å². The highest BCUT2D eigenvalue weighted by molar-refractivity contribution is 5.36. The van der Waals surface area contributed by atoms with E-state index in [2.05, 4.69) is 4.84 Å². The van der Waals surface area contributed by atoms with E-state index in [0.29, 0.717) is 0 Å². The summed E-state index contributed by atoms with van der Waals surface area (Å²) in [6.45, 7) is 1.78. The van der Waals surface area contributed by atoms with E-state index >= 15 is 0 Å². The summed E-state index contributed by atoms with van der Waals surface area (Å²) in [5, 5.41) is 10.5. The monoisotopic (exact) mass is 214 g/mol. The van der Waals surface area contributed by atoms with Gasteiger partial charge in [-0.2, -0.15) is 0 Å². The van der Waals surface area contributed by atoms with Gasteiger partial charge in [0.15, 0.2) is 0 Å². The van der Waals surface area contributed by atoms with Crippen LogP contribution in [0.4, 0.5) is 10.1 Å². The molecule has 0 spiro atoms. The van der Waals surface area contributed by atoms with Gasteiger partial charge in [0.25, 0.3) is 5.69 Å². The fourth-order valence-corrected chi connectivity index (χ4v) is 1.26. The van der Waals surface area contributed by atoms with Crippen molar-refractivity contribution in [3.8, 4) is 0 Å². The summed E-state index contributed by atoms with van der Waals surface area (Å²) in [6.07, 6.45) is 0. The first kappa shape index (κ1) is 11.5. The number of nitro benzene ring substituents is 1. The standard InChI is InChI=1S/C9H11FN2O3/c1-6(5-15-11)8-4-7(12(13)14)2-3-9(8)10/h2-4,6H,5,11H2,1H3. The van der Waals surface area contributed by atoms with E-state index in [1.807, 2.05) is 0 Å². The molecule has 1 aromatic carbocycles. The Morgan fingerprint density at radius 3 is 2.87 bits per heavy atom. The van der Waals surface area contributed by atoms with Gasteiger partial charge in [0.1, 0.15) is 5.82 Å². The normalized spacial score (nSPS) is 12.5. The topological polar surface area (TPSA) is 78.4 Å². The second-order valence-electron chi connectivity index (χ2n) is 3.20. The Hall–Kier alpha value is -1.53. The molecule has 0 saturated carbocycles. The Bertz CT molecular complexity index is 370. The van der Waals surface area contributed by atoms with E-state index in [1.165, 1.54) is 6.07 Å². The SMILES string of the molecule is CC(CON)c1cc([N+](=O)[O-])ccc1F. The molecule has 1 unspecified atom stereocenters. The van der Waals surface area contributed by atoms with Crippen LogP contribution in [-0.2, 0) is 4.84 Å². The quantitative estimate of drug-likeness (QED) is 0.611. The van der Waals surface area contributed by atoms with E-state index in [9.17, 15) is 14.5 Å². The van der Waals surface area contributed by atoms with Crippen LogP contribution in [0.2, 0.25) is 0 Å². The van der Waals surface area contributed by atoms with Gasteiger partial charge in [0.2, 0.25) is 0 Å². The number of halogens is 1. The van der Waals surface area contributed by atoms with Crippen LogP contribution in [-0.4, -0.2) is 11.5 Å². The summed E-state index contributed by atoms with van der Waals surface area (Å²) in [7, 11) is 0. The van der Waals surface area contributed by atoms with Gasteiger partial charge in [-0.25, -0.2) is 10.3 Å². The van der Waals surface area contributed by atoms with E-state index in [4.69, 9.17) is 5.90 Å². The molecule has 82 valence electrons. The van der Waals surface area contributed by atoms with Crippen LogP contribution in [0.25, 0.3) is 0 Å². The molecule has 0 fully saturated rings. The van der Waals surface area contributed by atoms with Gasteiger partial charge in [-0.1, -0.05) is 6.92 Å². The van der Waals surface area contributed by atoms with E-state index in [0.717, 1.165) is 12.1 Å². The minimum Gasteiger partial charge on any atom is -0.304 e. The van der Waals surface area contributed by atoms with Gasteiger partial charge in [-0.05, 0) is 11.6 Å². The number of non-ortho nitro benzene ring substituents is 1. The predicted octanol–water partition coefficient (Wildman–Crippen LogP) is 1.73. The number of hydrogen-bond acceptors (Lipinski definition) is 4. The minimum atomic E-state index is -0.570. The molecule has 0 aliphatic heterocycles. The molecule has 0 aliphatic carbocycles. The molecule has 2 N–H and O–H groups in total. The lowest BCUT2D eigenvalue weighted by atomic mass is 10.0. The Morgan fingerprint density at radius 1 is 1.67 bits per heavy atom. The second kappa shape index (κ2) is 4.81. The molecule has 6 heteroatoms. The van der Waals surface area contributed by atoms with Crippen molar-refractivity contribution >= 4 is 5.69 Å². The summed E-state index contributed by atoms with van der Waals surface area (Å²) in [5.74, 6) is 4.04. The van der Waals surface area contributed by atoms with Crippen molar-refractivity contribution in [2.45, 2.75) is 12.8 Å². The van der Waals surface area contributed by atoms with Crippen molar-refractivity contribution in [2.24, 2.45) is 5.90 Å². The van der Waals surface area contributed by atoms with Crippen molar-refractivity contribution in [2.75, 3.05) is 6.61 Å². The zero-order valence-electron chi connectivity index (χ0n) is 8.14. The lowest BCUT2D eigenvalue weighted by molar-refractivity contribution is -0.385. The van der Waals surface area contributed by atoms with Crippen molar-refractivity contribution in [1.82, 2.24) is 0 Å². The van der Waals surface area contributed by atoms with Gasteiger partial charge in [0, 0.05) is 18.1 Å². The number of hydrogen-bond donors (Lipinski definition) is 1. The van der Waals surface area contributed by atoms with Crippen molar-refractivity contribution in [3.63, 3.8) is 0 Å². The fourth-order valence-electron chi connectivity index (χ4n) is 1.26. The number of rotatable bonds is 4. The molecule has 0 aliphatic rings. The summed E-state index contributed by atoms with van der Waals surface area (Å²) in [5.41, 5.74) is 0.0879. The fraction of sp³-hybridized carbons (Fsp3) is 0.333. The van der Waals surface area contributed by atoms with Crippen LogP contribution >= 0.6 is 0 Å². The maximum atomic E-state index is 13.3. The van der Waals surface area contributed by atoms with Gasteiger partial charge in [-0.15, -0.1) is 0 Å². The first-order valence-corrected chi connectivity index (χ1v) is 4.31. The number of nitrogens with two attached hydrogens (primary N) is 1. The Kier molecular flexibility index (Phi) is 3.70. The summed E-state index contributed by atoms with van der Waals surface area (Å²) in [4.78, 5) is 14.3. The molecule has 15 heavy (non-hydrogen) atoms. The average Bonchev–Trinajstić information content (AvgIpc) is 2.18. The van der Waals surface area contributed by atoms with Crippen LogP contribution in [0.5, 0.6) is 0 Å². The second-order valence-corrected chi connectivity index (χ2v) is 3.20. The lowest BCUT2D eigenvalue weighted by Gasteiger charge is -2.10. The van der Waals surface area contributed by atoms with E-state index in [-0.39, 0.29) is 23.8 Å². The molecular formula is C9H11FN2O3. The molecule has 0 bridgehead atoms. The largest absolute Gasteiger partial charge is 0.304 e. The van der Waals surface area contributed by atoms with Crippen LogP contribution < -0.4 is 5.90 Å². The predicted molar refractivity (Wildman–Crippen MR) is 51.6 cm³/mol. The number of benzene rings is 1. The Balaban J connectivity index is 3.04. The smallest absolute Gasteiger partial charge is 0.269 e. The first-order valence-electron chi connectivity index (χ1n) is 4.31. The highest BCUT2D eigenvalue weighted by Crippen LogP contribution is 2.23. The van der Waals surface area contributed by atoms with Crippen LogP contribution in [0.15, 0.2) is 18.2 Å². The molecule has 1 atom stereocenters. The summed E-state index contributed by atoms with van der Waals surface area (Å²) < 4.78 is 13.3. The zero-order chi connectivity index (χ0) is 11.4. The summed E-state index contributed by atoms with van der Waals surface area (Å²) in [6, 6.07) is 3.38. The van der Waals surface area contributed by atoms with Gasteiger partial charge in [-0.3, -0.25) is 10.1 Å². The third-order valence-corrected chi connectivity index (χ3v) is 2.07. The first-order chi connectivity index (χ1) is 7.06. The van der Waals surface area contributed by atoms with Crippen LogP contribution in [0, 0.1) is 15.9 Å². The number of nitrogens with zero attached hydrogens (tertiary/aromatic N) is 1.